The van der Waals surface area contributed by atoms with E-state index in [1.54, 1.807) is 12.0 Å². The molecule has 0 saturated carbocycles. The second kappa shape index (κ2) is 8.11. The Morgan fingerprint density at radius 2 is 1.91 bits per heavy atom. The number of hydrogen-bond donors (Lipinski definition) is 1. The average molecular weight is 329 g/mol. The van der Waals surface area contributed by atoms with Crippen LogP contribution in [0, 0.1) is 0 Å². The maximum atomic E-state index is 11.7. The van der Waals surface area contributed by atoms with Gasteiger partial charge in [-0.05, 0) is 6.07 Å². The highest BCUT2D eigenvalue weighted by Crippen LogP contribution is 2.19. The third-order valence-corrected chi connectivity index (χ3v) is 4.68. The van der Waals surface area contributed by atoms with Crippen molar-refractivity contribution in [2.45, 2.75) is 13.5 Å². The molecule has 0 saturated heterocycles. The summed E-state index contributed by atoms with van der Waals surface area (Å²) in [6.07, 6.45) is 0. The molecule has 1 aromatic carbocycles. The smallest absolute Gasteiger partial charge is 0.278 e. The van der Waals surface area contributed by atoms with Gasteiger partial charge in [0.25, 0.3) is 10.2 Å². The zero-order valence-corrected chi connectivity index (χ0v) is 14.2. The van der Waals surface area contributed by atoms with Gasteiger partial charge in [-0.25, -0.2) is 4.72 Å². The van der Waals surface area contributed by atoms with Gasteiger partial charge in [-0.15, -0.1) is 0 Å². The summed E-state index contributed by atoms with van der Waals surface area (Å²) in [6.45, 7) is 2.24. The van der Waals surface area contributed by atoms with E-state index >= 15 is 0 Å². The van der Waals surface area contributed by atoms with Gasteiger partial charge >= 0.3 is 0 Å². The Kier molecular flexibility index (Phi) is 6.79. The van der Waals surface area contributed by atoms with E-state index in [-0.39, 0.29) is 19.0 Å². The van der Waals surface area contributed by atoms with E-state index in [9.17, 15) is 13.2 Å². The first-order valence-corrected chi connectivity index (χ1v) is 8.26. The number of benzene rings is 1. The molecule has 0 spiro atoms. The summed E-state index contributed by atoms with van der Waals surface area (Å²) in [5.74, 6) is 0.567. The molecule has 1 aromatic rings. The van der Waals surface area contributed by atoms with E-state index in [2.05, 4.69) is 4.72 Å². The minimum absolute atomic E-state index is 0.130. The maximum absolute atomic E-state index is 11.7. The third-order valence-electron chi connectivity index (χ3n) is 3.15. The quantitative estimate of drug-likeness (QED) is 0.750. The summed E-state index contributed by atoms with van der Waals surface area (Å²) in [4.78, 5) is 13.3. The molecule has 0 aliphatic carbocycles. The van der Waals surface area contributed by atoms with Crippen LogP contribution in [0.1, 0.15) is 12.5 Å². The number of hydrogen-bond acceptors (Lipinski definition) is 4. The lowest BCUT2D eigenvalue weighted by molar-refractivity contribution is -0.129. The van der Waals surface area contributed by atoms with Crippen molar-refractivity contribution in [3.63, 3.8) is 0 Å². The summed E-state index contributed by atoms with van der Waals surface area (Å²) in [6, 6.07) is 7.41. The molecule has 0 radical (unpaired) electrons. The highest BCUT2D eigenvalue weighted by molar-refractivity contribution is 7.87. The fourth-order valence-corrected chi connectivity index (χ4v) is 2.43. The Morgan fingerprint density at radius 3 is 2.45 bits per heavy atom. The highest BCUT2D eigenvalue weighted by atomic mass is 32.2. The third kappa shape index (κ3) is 5.28. The van der Waals surface area contributed by atoms with Gasteiger partial charge in [0.1, 0.15) is 5.75 Å². The fourth-order valence-electron chi connectivity index (χ4n) is 1.83. The lowest BCUT2D eigenvalue weighted by atomic mass is 10.2. The monoisotopic (exact) mass is 329 g/mol. The van der Waals surface area contributed by atoms with Crippen LogP contribution >= 0.6 is 0 Å². The van der Waals surface area contributed by atoms with E-state index in [0.29, 0.717) is 12.3 Å². The minimum atomic E-state index is -3.48. The Labute approximate surface area is 132 Å². The van der Waals surface area contributed by atoms with Crippen LogP contribution in [0.2, 0.25) is 0 Å². The van der Waals surface area contributed by atoms with E-state index in [1.165, 1.54) is 21.0 Å². The molecule has 0 heterocycles. The Balaban J connectivity index is 2.69. The summed E-state index contributed by atoms with van der Waals surface area (Å²) in [5.41, 5.74) is 0.871. The first-order chi connectivity index (χ1) is 10.3. The molecule has 22 heavy (non-hydrogen) atoms. The molecule has 0 atom stereocenters. The summed E-state index contributed by atoms with van der Waals surface area (Å²) >= 11 is 0. The molecule has 0 aliphatic heterocycles. The van der Waals surface area contributed by atoms with Crippen LogP contribution in [0.15, 0.2) is 24.3 Å². The number of para-hydroxylation sites is 1. The van der Waals surface area contributed by atoms with E-state index < -0.39 is 10.2 Å². The lowest BCUT2D eigenvalue weighted by Crippen LogP contribution is -2.41. The van der Waals surface area contributed by atoms with E-state index in [4.69, 9.17) is 4.74 Å². The molecule has 0 bridgehead atoms. The van der Waals surface area contributed by atoms with Crippen LogP contribution < -0.4 is 9.46 Å². The zero-order valence-electron chi connectivity index (χ0n) is 13.4. The molecule has 0 aromatic heterocycles. The molecule has 1 rings (SSSR count). The number of nitrogens with zero attached hydrogens (tertiary/aromatic N) is 2. The molecule has 1 amide bonds. The number of rotatable bonds is 8. The van der Waals surface area contributed by atoms with Crippen LogP contribution in [0.4, 0.5) is 0 Å². The standard InChI is InChI=1S/C14H23N3O4S/c1-12(18)17(10-9-15-22(19,20)16(2)3)11-13-7-5-6-8-14(13)21-4/h5-8,15H,9-11H2,1-4H3. The minimum Gasteiger partial charge on any atom is -0.496 e. The summed E-state index contributed by atoms with van der Waals surface area (Å²) in [7, 11) is 0.976. The molecule has 1 N–H and O–H groups in total. The molecular weight excluding hydrogens is 306 g/mol. The van der Waals surface area contributed by atoms with Crippen molar-refractivity contribution in [2.24, 2.45) is 0 Å². The molecule has 0 aliphatic rings. The van der Waals surface area contributed by atoms with Crippen LogP contribution in [0.3, 0.4) is 0 Å². The van der Waals surface area contributed by atoms with Crippen molar-refractivity contribution >= 4 is 16.1 Å². The van der Waals surface area contributed by atoms with Crippen molar-refractivity contribution in [3.05, 3.63) is 29.8 Å². The van der Waals surface area contributed by atoms with Gasteiger partial charge in [-0.2, -0.15) is 12.7 Å². The predicted octanol–water partition coefficient (Wildman–Crippen LogP) is 0.440. The number of amides is 1. The van der Waals surface area contributed by atoms with Gasteiger partial charge in [-0.1, -0.05) is 18.2 Å². The molecule has 7 nitrogen and oxygen atoms in total. The number of carbonyl (C=O) groups excluding carboxylic acids is 1. The van der Waals surface area contributed by atoms with Crippen molar-refractivity contribution in [3.8, 4) is 5.75 Å². The van der Waals surface area contributed by atoms with Crippen LogP contribution in [-0.4, -0.2) is 57.8 Å². The van der Waals surface area contributed by atoms with Gasteiger partial charge in [0.2, 0.25) is 5.91 Å². The van der Waals surface area contributed by atoms with Crippen LogP contribution in [0.5, 0.6) is 5.75 Å². The Bertz CT molecular complexity index is 602. The van der Waals surface area contributed by atoms with Gasteiger partial charge in [-0.3, -0.25) is 4.79 Å². The van der Waals surface area contributed by atoms with Gasteiger partial charge in [0.05, 0.1) is 7.11 Å². The van der Waals surface area contributed by atoms with Gasteiger partial charge in [0, 0.05) is 46.2 Å². The molecule has 0 unspecified atom stereocenters. The van der Waals surface area contributed by atoms with Gasteiger partial charge in [0.15, 0.2) is 0 Å². The van der Waals surface area contributed by atoms with Gasteiger partial charge < -0.3 is 9.64 Å². The van der Waals surface area contributed by atoms with Crippen molar-refractivity contribution in [1.82, 2.24) is 13.9 Å². The van der Waals surface area contributed by atoms with Crippen molar-refractivity contribution in [1.29, 1.82) is 0 Å². The lowest BCUT2D eigenvalue weighted by Gasteiger charge is -2.23. The van der Waals surface area contributed by atoms with Crippen molar-refractivity contribution < 1.29 is 17.9 Å². The maximum Gasteiger partial charge on any atom is 0.278 e. The second-order valence-electron chi connectivity index (χ2n) is 4.93. The SMILES string of the molecule is COc1ccccc1CN(CCNS(=O)(=O)N(C)C)C(C)=O. The first kappa shape index (κ1) is 18.4. The average Bonchev–Trinajstić information content (AvgIpc) is 2.46. The number of nitrogens with one attached hydrogen (secondary N) is 1. The van der Waals surface area contributed by atoms with Crippen LogP contribution in [-0.2, 0) is 21.5 Å². The van der Waals surface area contributed by atoms with E-state index in [1.807, 2.05) is 24.3 Å². The normalized spacial score (nSPS) is 11.5. The fraction of sp³-hybridized carbons (Fsp3) is 0.500. The second-order valence-corrected chi connectivity index (χ2v) is 6.90. The van der Waals surface area contributed by atoms with E-state index in [0.717, 1.165) is 9.87 Å². The number of carbonyl (C=O) groups is 1. The first-order valence-electron chi connectivity index (χ1n) is 6.82. The molecule has 124 valence electrons. The predicted molar refractivity (Wildman–Crippen MR) is 84.7 cm³/mol. The molecule has 8 heteroatoms. The molecular formula is C14H23N3O4S. The number of ether oxygens (including phenoxy) is 1. The Hall–Kier alpha value is -1.64. The summed E-state index contributed by atoms with van der Waals surface area (Å²) < 4.78 is 32.0. The van der Waals surface area contributed by atoms with Crippen LogP contribution in [0.25, 0.3) is 0 Å². The number of methoxy groups -OCH3 is 1. The zero-order chi connectivity index (χ0) is 16.8. The largest absolute Gasteiger partial charge is 0.496 e. The summed E-state index contributed by atoms with van der Waals surface area (Å²) in [5, 5.41) is 0. The topological polar surface area (TPSA) is 79.0 Å². The molecule has 0 fully saturated rings. The highest BCUT2D eigenvalue weighted by Gasteiger charge is 2.15. The van der Waals surface area contributed by atoms with Crippen molar-refractivity contribution in [2.75, 3.05) is 34.3 Å². The Morgan fingerprint density at radius 1 is 1.27 bits per heavy atom.